The van der Waals surface area contributed by atoms with E-state index in [-0.39, 0.29) is 5.41 Å². The molecule has 0 aromatic rings. The van der Waals surface area contributed by atoms with Crippen molar-refractivity contribution in [1.29, 1.82) is 0 Å². The Morgan fingerprint density at radius 1 is 1.00 bits per heavy atom. The van der Waals surface area contributed by atoms with E-state index in [0.29, 0.717) is 26.4 Å². The van der Waals surface area contributed by atoms with Gasteiger partial charge in [0.25, 0.3) is 0 Å². The lowest BCUT2D eigenvalue weighted by Gasteiger charge is -2.41. The summed E-state index contributed by atoms with van der Waals surface area (Å²) in [6, 6.07) is 0. The van der Waals surface area contributed by atoms with E-state index in [1.54, 1.807) is 0 Å². The molecule has 3 aliphatic rings. The van der Waals surface area contributed by atoms with Crippen molar-refractivity contribution in [2.75, 3.05) is 26.4 Å². The fourth-order valence-electron chi connectivity index (χ4n) is 3.76. The molecule has 0 N–H and O–H groups in total. The summed E-state index contributed by atoms with van der Waals surface area (Å²) in [7, 11) is 0. The molecule has 4 heteroatoms. The quantitative estimate of drug-likeness (QED) is 0.784. The zero-order chi connectivity index (χ0) is 15.1. The molecule has 0 atom stereocenters. The minimum atomic E-state index is -0.519. The first kappa shape index (κ1) is 15.2. The molecule has 2 aliphatic heterocycles. The molecule has 3 rings (SSSR count). The number of allylic oxidation sites excluding steroid dienone is 2. The second-order valence-corrected chi connectivity index (χ2v) is 7.05. The summed E-state index contributed by atoms with van der Waals surface area (Å²) in [5.74, 6) is -0.992. The number of rotatable bonds is 2. The van der Waals surface area contributed by atoms with Crippen molar-refractivity contribution in [3.8, 4) is 0 Å². The average Bonchev–Trinajstić information content (AvgIpc) is 2.97. The van der Waals surface area contributed by atoms with Crippen LogP contribution in [0.2, 0.25) is 0 Å². The molecule has 2 fully saturated rings. The molecule has 118 valence electrons. The molecule has 0 radical (unpaired) electrons. The third-order valence-electron chi connectivity index (χ3n) is 4.63. The van der Waals surface area contributed by atoms with Crippen LogP contribution < -0.4 is 0 Å². The molecule has 1 aliphatic carbocycles. The molecule has 2 heterocycles. The van der Waals surface area contributed by atoms with Gasteiger partial charge in [0.15, 0.2) is 11.6 Å². The largest absolute Gasteiger partial charge is 0.348 e. The van der Waals surface area contributed by atoms with Crippen molar-refractivity contribution in [2.24, 2.45) is 5.41 Å². The van der Waals surface area contributed by atoms with Crippen molar-refractivity contribution >= 4 is 0 Å². The topological polar surface area (TPSA) is 36.9 Å². The van der Waals surface area contributed by atoms with Gasteiger partial charge in [-0.25, -0.2) is 0 Å². The third kappa shape index (κ3) is 2.95. The van der Waals surface area contributed by atoms with Crippen LogP contribution in [0.25, 0.3) is 0 Å². The highest BCUT2D eigenvalue weighted by atomic mass is 16.7. The minimum absolute atomic E-state index is 0.0120. The fraction of sp³-hybridized carbons (Fsp3) is 0.765. The highest BCUT2D eigenvalue weighted by Gasteiger charge is 2.45. The second-order valence-electron chi connectivity index (χ2n) is 7.05. The molecular formula is C17H26O4. The molecule has 0 bridgehead atoms. The van der Waals surface area contributed by atoms with Crippen molar-refractivity contribution < 1.29 is 18.9 Å². The van der Waals surface area contributed by atoms with Crippen molar-refractivity contribution in [3.63, 3.8) is 0 Å². The van der Waals surface area contributed by atoms with Crippen LogP contribution in [0.5, 0.6) is 0 Å². The molecule has 4 nitrogen and oxygen atoms in total. The first-order valence-corrected chi connectivity index (χ1v) is 7.81. The standard InChI is InChI=1S/C17H26O4/c1-13-11-17(20-9-10-21-17)12-15(2,3)14(13)5-6-16(4)18-7-8-19-16/h5,11H,6-10,12H2,1-4H3/b14-5+. The number of hydrogen-bond donors (Lipinski definition) is 0. The Balaban J connectivity index is 1.84. The SMILES string of the molecule is CC1=CC2(CC(C)(C)/C1=C/CC1(C)OCCO1)OCCO2. The maximum Gasteiger partial charge on any atom is 0.189 e. The Morgan fingerprint density at radius 3 is 2.14 bits per heavy atom. The maximum absolute atomic E-state index is 5.86. The van der Waals surface area contributed by atoms with Gasteiger partial charge in [0.2, 0.25) is 0 Å². The molecule has 0 aromatic carbocycles. The van der Waals surface area contributed by atoms with Crippen LogP contribution in [0, 0.1) is 5.41 Å². The third-order valence-corrected chi connectivity index (χ3v) is 4.63. The van der Waals surface area contributed by atoms with Gasteiger partial charge in [-0.05, 0) is 36.5 Å². The average molecular weight is 294 g/mol. The molecule has 0 aromatic heterocycles. The van der Waals surface area contributed by atoms with Crippen LogP contribution in [0.3, 0.4) is 0 Å². The van der Waals surface area contributed by atoms with Crippen LogP contribution >= 0.6 is 0 Å². The molecular weight excluding hydrogens is 268 g/mol. The van der Waals surface area contributed by atoms with Gasteiger partial charge in [-0.15, -0.1) is 0 Å². The van der Waals surface area contributed by atoms with Crippen molar-refractivity contribution in [2.45, 2.75) is 52.1 Å². The van der Waals surface area contributed by atoms with E-state index in [1.165, 1.54) is 11.1 Å². The predicted molar refractivity (Wildman–Crippen MR) is 79.8 cm³/mol. The van der Waals surface area contributed by atoms with Crippen LogP contribution in [0.15, 0.2) is 23.3 Å². The van der Waals surface area contributed by atoms with Crippen LogP contribution in [0.1, 0.15) is 40.5 Å². The fourth-order valence-corrected chi connectivity index (χ4v) is 3.76. The first-order chi connectivity index (χ1) is 9.84. The lowest BCUT2D eigenvalue weighted by atomic mass is 9.70. The zero-order valence-electron chi connectivity index (χ0n) is 13.5. The zero-order valence-corrected chi connectivity index (χ0v) is 13.5. The van der Waals surface area contributed by atoms with Gasteiger partial charge in [0.05, 0.1) is 26.4 Å². The summed E-state index contributed by atoms with van der Waals surface area (Å²) in [6.07, 6.45) is 6.02. The van der Waals surface area contributed by atoms with Gasteiger partial charge in [-0.3, -0.25) is 0 Å². The second kappa shape index (κ2) is 5.20. The van der Waals surface area contributed by atoms with Crippen molar-refractivity contribution in [1.82, 2.24) is 0 Å². The molecule has 21 heavy (non-hydrogen) atoms. The van der Waals surface area contributed by atoms with E-state index >= 15 is 0 Å². The van der Waals surface area contributed by atoms with Gasteiger partial charge in [0, 0.05) is 12.8 Å². The van der Waals surface area contributed by atoms with E-state index in [4.69, 9.17) is 18.9 Å². The summed E-state index contributed by atoms with van der Waals surface area (Å²) >= 11 is 0. The van der Waals surface area contributed by atoms with Crippen LogP contribution in [-0.2, 0) is 18.9 Å². The van der Waals surface area contributed by atoms with E-state index < -0.39 is 11.6 Å². The Morgan fingerprint density at radius 2 is 1.57 bits per heavy atom. The normalized spacial score (nSPS) is 31.8. The minimum Gasteiger partial charge on any atom is -0.348 e. The van der Waals surface area contributed by atoms with E-state index in [2.05, 4.69) is 32.9 Å². The Labute approximate surface area is 127 Å². The molecule has 2 saturated heterocycles. The van der Waals surface area contributed by atoms with Crippen molar-refractivity contribution in [3.05, 3.63) is 23.3 Å². The Bertz CT molecular complexity index is 463. The van der Waals surface area contributed by atoms with Gasteiger partial charge >= 0.3 is 0 Å². The summed E-state index contributed by atoms with van der Waals surface area (Å²) < 4.78 is 23.1. The smallest absolute Gasteiger partial charge is 0.189 e. The predicted octanol–water partition coefficient (Wildman–Crippen LogP) is 3.19. The lowest BCUT2D eigenvalue weighted by Crippen LogP contribution is -2.39. The highest BCUT2D eigenvalue weighted by molar-refractivity contribution is 5.40. The van der Waals surface area contributed by atoms with E-state index in [1.807, 2.05) is 6.92 Å². The summed E-state index contributed by atoms with van der Waals surface area (Å²) in [6.45, 7) is 11.4. The van der Waals surface area contributed by atoms with E-state index in [0.717, 1.165) is 12.8 Å². The summed E-state index contributed by atoms with van der Waals surface area (Å²) in [4.78, 5) is 0. The van der Waals surface area contributed by atoms with Gasteiger partial charge in [0.1, 0.15) is 0 Å². The molecule has 0 unspecified atom stereocenters. The van der Waals surface area contributed by atoms with Gasteiger partial charge < -0.3 is 18.9 Å². The molecule has 0 saturated carbocycles. The first-order valence-electron chi connectivity index (χ1n) is 7.81. The number of ether oxygens (including phenoxy) is 4. The lowest BCUT2D eigenvalue weighted by molar-refractivity contribution is -0.141. The molecule has 1 spiro atoms. The number of hydrogen-bond acceptors (Lipinski definition) is 4. The van der Waals surface area contributed by atoms with Gasteiger partial charge in [-0.1, -0.05) is 19.9 Å². The van der Waals surface area contributed by atoms with E-state index in [9.17, 15) is 0 Å². The summed E-state index contributed by atoms with van der Waals surface area (Å²) in [5, 5.41) is 0. The Hall–Kier alpha value is -0.680. The highest BCUT2D eigenvalue weighted by Crippen LogP contribution is 2.48. The van der Waals surface area contributed by atoms with Crippen LogP contribution in [-0.4, -0.2) is 38.0 Å². The maximum atomic E-state index is 5.86. The van der Waals surface area contributed by atoms with Gasteiger partial charge in [-0.2, -0.15) is 0 Å². The summed E-state index contributed by atoms with van der Waals surface area (Å²) in [5.41, 5.74) is 2.58. The van der Waals surface area contributed by atoms with Crippen LogP contribution in [0.4, 0.5) is 0 Å². The monoisotopic (exact) mass is 294 g/mol. The Kier molecular flexibility index (Phi) is 3.77. The molecule has 0 amide bonds.